The van der Waals surface area contributed by atoms with Crippen LogP contribution >= 0.6 is 0 Å². The summed E-state index contributed by atoms with van der Waals surface area (Å²) in [6.07, 6.45) is 4.00. The van der Waals surface area contributed by atoms with Gasteiger partial charge in [-0.25, -0.2) is 4.98 Å². The SMILES string of the molecule is CC(Cn1cnc2ccccc21)NC(=O)[C@@H](Cc1c[nH]c2ccccc12)NC(=O)C(C)(C)N. The maximum atomic E-state index is 13.3. The molecule has 0 radical (unpaired) electrons. The van der Waals surface area contributed by atoms with Crippen LogP contribution in [0.25, 0.3) is 21.9 Å². The van der Waals surface area contributed by atoms with E-state index in [1.807, 2.05) is 66.2 Å². The fourth-order valence-corrected chi connectivity index (χ4v) is 3.91. The van der Waals surface area contributed by atoms with E-state index in [1.165, 1.54) is 0 Å². The van der Waals surface area contributed by atoms with E-state index < -0.39 is 11.6 Å². The normalized spacial score (nSPS) is 13.7. The van der Waals surface area contributed by atoms with Crippen molar-refractivity contribution in [1.29, 1.82) is 0 Å². The summed E-state index contributed by atoms with van der Waals surface area (Å²) in [5.74, 6) is -0.634. The van der Waals surface area contributed by atoms with Crippen LogP contribution in [0.2, 0.25) is 0 Å². The van der Waals surface area contributed by atoms with Gasteiger partial charge >= 0.3 is 0 Å². The number of carbonyl (C=O) groups is 2. The highest BCUT2D eigenvalue weighted by atomic mass is 16.2. The van der Waals surface area contributed by atoms with Crippen LogP contribution in [0.5, 0.6) is 0 Å². The minimum atomic E-state index is -1.10. The number of para-hydroxylation sites is 3. The van der Waals surface area contributed by atoms with Gasteiger partial charge in [-0.2, -0.15) is 0 Å². The number of nitrogens with one attached hydrogen (secondary N) is 3. The molecule has 0 aliphatic rings. The number of fused-ring (bicyclic) bond motifs is 2. The second-order valence-corrected chi connectivity index (χ2v) is 9.11. The van der Waals surface area contributed by atoms with Crippen molar-refractivity contribution in [3.63, 3.8) is 0 Å². The number of H-pyrrole nitrogens is 1. The standard InChI is InChI=1S/C25H30N6O2/c1-16(14-31-15-28-20-10-6-7-11-22(20)31)29-23(32)21(30-24(33)25(2,3)26)12-17-13-27-19-9-5-4-8-18(17)19/h4-11,13,15-16,21,27H,12,14,26H2,1-3H3,(H,29,32)(H,30,33)/t16?,21-/m1/s1. The molecule has 5 N–H and O–H groups in total. The Morgan fingerprint density at radius 3 is 2.64 bits per heavy atom. The highest BCUT2D eigenvalue weighted by molar-refractivity contribution is 5.92. The molecular formula is C25H30N6O2. The van der Waals surface area contributed by atoms with Gasteiger partial charge in [0.05, 0.1) is 22.9 Å². The summed E-state index contributed by atoms with van der Waals surface area (Å²) in [6, 6.07) is 14.8. The van der Waals surface area contributed by atoms with E-state index >= 15 is 0 Å². The molecule has 0 bridgehead atoms. The number of benzene rings is 2. The van der Waals surface area contributed by atoms with Crippen molar-refractivity contribution in [2.75, 3.05) is 0 Å². The van der Waals surface area contributed by atoms with E-state index in [9.17, 15) is 9.59 Å². The van der Waals surface area contributed by atoms with Crippen molar-refractivity contribution in [2.24, 2.45) is 5.73 Å². The van der Waals surface area contributed by atoms with Crippen LogP contribution in [-0.4, -0.2) is 44.0 Å². The van der Waals surface area contributed by atoms with Crippen molar-refractivity contribution in [3.05, 3.63) is 66.6 Å². The molecule has 0 fully saturated rings. The quantitative estimate of drug-likeness (QED) is 0.333. The number of carbonyl (C=O) groups excluding carboxylic acids is 2. The molecule has 172 valence electrons. The third-order valence-electron chi connectivity index (χ3n) is 5.69. The van der Waals surface area contributed by atoms with Crippen molar-refractivity contribution in [2.45, 2.75) is 51.4 Å². The molecule has 0 spiro atoms. The van der Waals surface area contributed by atoms with Crippen LogP contribution in [0.4, 0.5) is 0 Å². The summed E-state index contributed by atoms with van der Waals surface area (Å²) in [5.41, 5.74) is 8.73. The Labute approximate surface area is 192 Å². The Balaban J connectivity index is 1.51. The number of hydrogen-bond acceptors (Lipinski definition) is 4. The fourth-order valence-electron chi connectivity index (χ4n) is 3.91. The lowest BCUT2D eigenvalue weighted by molar-refractivity contribution is -0.131. The summed E-state index contributed by atoms with van der Waals surface area (Å²) in [5, 5.41) is 6.91. The number of amides is 2. The van der Waals surface area contributed by atoms with Gasteiger partial charge < -0.3 is 25.9 Å². The zero-order valence-corrected chi connectivity index (χ0v) is 19.1. The lowest BCUT2D eigenvalue weighted by Crippen LogP contribution is -2.57. The molecule has 2 heterocycles. The van der Waals surface area contributed by atoms with Gasteiger partial charge in [-0.1, -0.05) is 30.3 Å². The molecular weight excluding hydrogens is 416 g/mol. The number of imidazole rings is 1. The Bertz CT molecular complexity index is 1280. The average molecular weight is 447 g/mol. The highest BCUT2D eigenvalue weighted by Crippen LogP contribution is 2.19. The van der Waals surface area contributed by atoms with Gasteiger partial charge in [-0.15, -0.1) is 0 Å². The summed E-state index contributed by atoms with van der Waals surface area (Å²) in [7, 11) is 0. The first-order valence-electron chi connectivity index (χ1n) is 11.1. The van der Waals surface area contributed by atoms with Gasteiger partial charge in [0.2, 0.25) is 11.8 Å². The van der Waals surface area contributed by atoms with E-state index in [2.05, 4.69) is 20.6 Å². The number of nitrogens with two attached hydrogens (primary N) is 1. The number of hydrogen-bond donors (Lipinski definition) is 4. The first-order chi connectivity index (χ1) is 15.7. The van der Waals surface area contributed by atoms with Gasteiger partial charge in [0.25, 0.3) is 0 Å². The third kappa shape index (κ3) is 5.06. The number of nitrogens with zero attached hydrogens (tertiary/aromatic N) is 2. The first-order valence-corrected chi connectivity index (χ1v) is 11.1. The van der Waals surface area contributed by atoms with Gasteiger partial charge in [0.15, 0.2) is 0 Å². The predicted octanol–water partition coefficient (Wildman–Crippen LogP) is 2.49. The average Bonchev–Trinajstić information content (AvgIpc) is 3.37. The van der Waals surface area contributed by atoms with E-state index in [0.29, 0.717) is 13.0 Å². The molecule has 4 aromatic rings. The Kier molecular flexibility index (Phi) is 6.20. The zero-order valence-electron chi connectivity index (χ0n) is 19.1. The predicted molar refractivity (Wildman–Crippen MR) is 130 cm³/mol. The topological polar surface area (TPSA) is 118 Å². The summed E-state index contributed by atoms with van der Waals surface area (Å²) in [4.78, 5) is 33.5. The minimum absolute atomic E-state index is 0.177. The molecule has 0 saturated carbocycles. The van der Waals surface area contributed by atoms with Crippen molar-refractivity contribution in [1.82, 2.24) is 25.2 Å². The Hall–Kier alpha value is -3.65. The van der Waals surface area contributed by atoms with Gasteiger partial charge in [0.1, 0.15) is 6.04 Å². The molecule has 2 atom stereocenters. The van der Waals surface area contributed by atoms with Gasteiger partial charge in [-0.05, 0) is 44.5 Å². The van der Waals surface area contributed by atoms with Crippen LogP contribution in [0.1, 0.15) is 26.3 Å². The minimum Gasteiger partial charge on any atom is -0.361 e. The van der Waals surface area contributed by atoms with Crippen LogP contribution in [0, 0.1) is 0 Å². The monoisotopic (exact) mass is 446 g/mol. The summed E-state index contributed by atoms with van der Waals surface area (Å²) < 4.78 is 2.01. The smallest absolute Gasteiger partial charge is 0.243 e. The number of aromatic amines is 1. The summed E-state index contributed by atoms with van der Waals surface area (Å²) >= 11 is 0. The Morgan fingerprint density at radius 1 is 1.12 bits per heavy atom. The van der Waals surface area contributed by atoms with Gasteiger partial charge in [0, 0.05) is 36.1 Å². The summed E-state index contributed by atoms with van der Waals surface area (Å²) in [6.45, 7) is 5.73. The largest absolute Gasteiger partial charge is 0.361 e. The van der Waals surface area contributed by atoms with E-state index in [4.69, 9.17) is 5.73 Å². The molecule has 0 saturated heterocycles. The molecule has 8 nitrogen and oxygen atoms in total. The molecule has 1 unspecified atom stereocenters. The molecule has 4 rings (SSSR count). The fraction of sp³-hybridized carbons (Fsp3) is 0.320. The van der Waals surface area contributed by atoms with Crippen molar-refractivity contribution >= 4 is 33.8 Å². The molecule has 0 aliphatic heterocycles. The van der Waals surface area contributed by atoms with Crippen LogP contribution in [-0.2, 0) is 22.6 Å². The second-order valence-electron chi connectivity index (χ2n) is 9.11. The second kappa shape index (κ2) is 9.07. The van der Waals surface area contributed by atoms with Crippen LogP contribution in [0.3, 0.4) is 0 Å². The van der Waals surface area contributed by atoms with E-state index in [-0.39, 0.29) is 17.9 Å². The number of rotatable bonds is 8. The Morgan fingerprint density at radius 2 is 1.85 bits per heavy atom. The maximum Gasteiger partial charge on any atom is 0.243 e. The maximum absolute atomic E-state index is 13.3. The molecule has 0 aliphatic carbocycles. The van der Waals surface area contributed by atoms with Gasteiger partial charge in [-0.3, -0.25) is 9.59 Å². The van der Waals surface area contributed by atoms with Crippen LogP contribution < -0.4 is 16.4 Å². The molecule has 33 heavy (non-hydrogen) atoms. The van der Waals surface area contributed by atoms with E-state index in [0.717, 1.165) is 27.5 Å². The van der Waals surface area contributed by atoms with Crippen molar-refractivity contribution in [3.8, 4) is 0 Å². The first kappa shape index (κ1) is 22.5. The highest BCUT2D eigenvalue weighted by Gasteiger charge is 2.29. The zero-order chi connectivity index (χ0) is 23.6. The van der Waals surface area contributed by atoms with Crippen molar-refractivity contribution < 1.29 is 9.59 Å². The molecule has 2 aromatic carbocycles. The molecule has 8 heteroatoms. The molecule has 2 amide bonds. The number of aromatic nitrogens is 3. The lowest BCUT2D eigenvalue weighted by Gasteiger charge is -2.25. The van der Waals surface area contributed by atoms with Crippen LogP contribution in [0.15, 0.2) is 61.1 Å². The molecule has 2 aromatic heterocycles. The third-order valence-corrected chi connectivity index (χ3v) is 5.69. The lowest BCUT2D eigenvalue weighted by atomic mass is 10.0. The van der Waals surface area contributed by atoms with E-state index in [1.54, 1.807) is 20.2 Å².